The summed E-state index contributed by atoms with van der Waals surface area (Å²) in [7, 11) is -3.83. The molecule has 3 aromatic rings. The number of benzene rings is 3. The molecular formula is C39H48BrN3O4S. The number of amides is 2. The van der Waals surface area contributed by atoms with E-state index < -0.39 is 28.5 Å². The Labute approximate surface area is 294 Å². The van der Waals surface area contributed by atoms with E-state index in [0.717, 1.165) is 52.5 Å². The molecule has 0 aliphatic heterocycles. The molecule has 7 nitrogen and oxygen atoms in total. The molecule has 7 rings (SSSR count). The van der Waals surface area contributed by atoms with Crippen molar-refractivity contribution < 1.29 is 18.0 Å². The lowest BCUT2D eigenvalue weighted by atomic mass is 9.48. The Kier molecular flexibility index (Phi) is 10.7. The minimum atomic E-state index is -3.83. The van der Waals surface area contributed by atoms with Gasteiger partial charge in [-0.3, -0.25) is 13.9 Å². The van der Waals surface area contributed by atoms with Gasteiger partial charge in [-0.05, 0) is 109 Å². The zero-order valence-electron chi connectivity index (χ0n) is 28.1. The first kappa shape index (κ1) is 34.7. The predicted molar refractivity (Wildman–Crippen MR) is 195 cm³/mol. The second kappa shape index (κ2) is 14.8. The van der Waals surface area contributed by atoms with E-state index in [9.17, 15) is 18.0 Å². The first-order valence-corrected chi connectivity index (χ1v) is 20.1. The number of nitrogens with one attached hydrogen (secondary N) is 1. The molecule has 1 atom stereocenters. The highest BCUT2D eigenvalue weighted by atomic mass is 79.9. The number of nitrogens with zero attached hydrogens (tertiary/aromatic N) is 2. The molecule has 48 heavy (non-hydrogen) atoms. The molecule has 1 N–H and O–H groups in total. The van der Waals surface area contributed by atoms with E-state index in [1.54, 1.807) is 4.90 Å². The third-order valence-electron chi connectivity index (χ3n) is 10.8. The third-order valence-corrected chi connectivity index (χ3v) is 12.5. The van der Waals surface area contributed by atoms with Gasteiger partial charge in [-0.2, -0.15) is 0 Å². The molecule has 0 unspecified atom stereocenters. The van der Waals surface area contributed by atoms with E-state index in [1.807, 2.05) is 66.7 Å². The van der Waals surface area contributed by atoms with Crippen LogP contribution in [-0.4, -0.2) is 50.5 Å². The number of sulfonamides is 1. The number of halogens is 1. The minimum absolute atomic E-state index is 0.152. The number of rotatable bonds is 14. The van der Waals surface area contributed by atoms with Gasteiger partial charge in [0.05, 0.1) is 11.9 Å². The average Bonchev–Trinajstić information content (AvgIpc) is 3.04. The SMILES string of the molecule is CCCCNC(=O)[C@@H](Cc1ccccc1)N(Cc1cccc(Br)c1)C(=O)CN(c1ccc(C23CC4CC(CC(C4)C2)C3)cc1)S(C)(=O)=O. The van der Waals surface area contributed by atoms with E-state index in [1.165, 1.54) is 48.4 Å². The number of hydrogen-bond acceptors (Lipinski definition) is 4. The molecule has 256 valence electrons. The van der Waals surface area contributed by atoms with E-state index in [4.69, 9.17) is 0 Å². The molecule has 3 aromatic carbocycles. The fourth-order valence-corrected chi connectivity index (χ4v) is 10.2. The summed E-state index contributed by atoms with van der Waals surface area (Å²) >= 11 is 3.53. The van der Waals surface area contributed by atoms with Crippen molar-refractivity contribution in [3.05, 3.63) is 100 Å². The zero-order valence-corrected chi connectivity index (χ0v) is 30.5. The van der Waals surface area contributed by atoms with Crippen molar-refractivity contribution in [2.75, 3.05) is 23.7 Å². The molecule has 0 heterocycles. The lowest BCUT2D eigenvalue weighted by Gasteiger charge is -2.57. The van der Waals surface area contributed by atoms with Crippen molar-refractivity contribution in [2.45, 2.75) is 82.7 Å². The lowest BCUT2D eigenvalue weighted by Crippen LogP contribution is -2.53. The summed E-state index contributed by atoms with van der Waals surface area (Å²) in [6.07, 6.45) is 10.9. The number of hydrogen-bond donors (Lipinski definition) is 1. The van der Waals surface area contributed by atoms with Crippen LogP contribution in [0.1, 0.15) is 75.0 Å². The Hall–Kier alpha value is -3.17. The van der Waals surface area contributed by atoms with Crippen LogP contribution in [0.3, 0.4) is 0 Å². The van der Waals surface area contributed by atoms with Gasteiger partial charge in [-0.1, -0.05) is 83.9 Å². The summed E-state index contributed by atoms with van der Waals surface area (Å²) in [5.74, 6) is 1.74. The number of unbranched alkanes of at least 4 members (excludes halogenated alkanes) is 1. The highest BCUT2D eigenvalue weighted by Gasteiger charge is 2.51. The monoisotopic (exact) mass is 733 g/mol. The average molecular weight is 735 g/mol. The standard InChI is InChI=1S/C39H48BrN3O4S/c1-3-4-17-41-38(45)36(22-28-9-6-5-7-10-28)42(26-29-11-8-12-34(40)21-29)37(44)27-43(48(2,46)47)35-15-13-33(14-16-35)39-23-30-18-31(24-39)20-32(19-30)25-39/h5-16,21,30-32,36H,3-4,17-20,22-27H2,1-2H3,(H,41,45)/t30?,31?,32?,36-,39?/m1/s1. The van der Waals surface area contributed by atoms with Crippen LogP contribution >= 0.6 is 15.9 Å². The van der Waals surface area contributed by atoms with Crippen LogP contribution < -0.4 is 9.62 Å². The molecule has 0 aromatic heterocycles. The molecule has 9 heteroatoms. The summed E-state index contributed by atoms with van der Waals surface area (Å²) < 4.78 is 28.7. The van der Waals surface area contributed by atoms with Gasteiger partial charge < -0.3 is 10.2 Å². The quantitative estimate of drug-likeness (QED) is 0.177. The third kappa shape index (κ3) is 7.99. The lowest BCUT2D eigenvalue weighted by molar-refractivity contribution is -0.140. The fourth-order valence-electron chi connectivity index (χ4n) is 8.95. The highest BCUT2D eigenvalue weighted by Crippen LogP contribution is 2.60. The molecule has 4 saturated carbocycles. The Bertz CT molecular complexity index is 1660. The van der Waals surface area contributed by atoms with Crippen LogP contribution in [-0.2, 0) is 38.0 Å². The van der Waals surface area contributed by atoms with Gasteiger partial charge in [0.15, 0.2) is 0 Å². The molecule has 4 aliphatic rings. The summed E-state index contributed by atoms with van der Waals surface area (Å²) in [5.41, 5.74) is 3.71. The van der Waals surface area contributed by atoms with Crippen molar-refractivity contribution >= 4 is 43.5 Å². The van der Waals surface area contributed by atoms with Crippen molar-refractivity contribution in [2.24, 2.45) is 17.8 Å². The molecule has 0 saturated heterocycles. The zero-order chi connectivity index (χ0) is 33.9. The van der Waals surface area contributed by atoms with Crippen molar-refractivity contribution in [1.82, 2.24) is 10.2 Å². The largest absolute Gasteiger partial charge is 0.354 e. The molecule has 4 fully saturated rings. The predicted octanol–water partition coefficient (Wildman–Crippen LogP) is 7.24. The van der Waals surface area contributed by atoms with E-state index in [2.05, 4.69) is 40.3 Å². The van der Waals surface area contributed by atoms with Gasteiger partial charge in [0.1, 0.15) is 12.6 Å². The van der Waals surface area contributed by atoms with Crippen LogP contribution in [0.2, 0.25) is 0 Å². The maximum atomic E-state index is 14.5. The number of carbonyl (C=O) groups is 2. The van der Waals surface area contributed by atoms with Gasteiger partial charge in [0.2, 0.25) is 21.8 Å². The van der Waals surface area contributed by atoms with Crippen LogP contribution in [0.5, 0.6) is 0 Å². The Morgan fingerprint density at radius 1 is 0.896 bits per heavy atom. The van der Waals surface area contributed by atoms with Crippen LogP contribution in [0, 0.1) is 17.8 Å². The normalized spacial score (nSPS) is 23.4. The van der Waals surface area contributed by atoms with E-state index in [-0.39, 0.29) is 17.9 Å². The molecule has 4 aliphatic carbocycles. The second-order valence-corrected chi connectivity index (χ2v) is 17.3. The van der Waals surface area contributed by atoms with Crippen molar-refractivity contribution in [3.63, 3.8) is 0 Å². The first-order chi connectivity index (χ1) is 23.0. The smallest absolute Gasteiger partial charge is 0.244 e. The molecular weight excluding hydrogens is 686 g/mol. The van der Waals surface area contributed by atoms with Gasteiger partial charge in [-0.15, -0.1) is 0 Å². The van der Waals surface area contributed by atoms with Gasteiger partial charge in [0.25, 0.3) is 0 Å². The Morgan fingerprint density at radius 2 is 1.52 bits per heavy atom. The first-order valence-electron chi connectivity index (χ1n) is 17.5. The van der Waals surface area contributed by atoms with Crippen LogP contribution in [0.25, 0.3) is 0 Å². The molecule has 2 amide bonds. The van der Waals surface area contributed by atoms with Crippen molar-refractivity contribution in [1.29, 1.82) is 0 Å². The molecule has 4 bridgehead atoms. The second-order valence-electron chi connectivity index (χ2n) is 14.5. The maximum absolute atomic E-state index is 14.5. The van der Waals surface area contributed by atoms with E-state index >= 15 is 0 Å². The van der Waals surface area contributed by atoms with E-state index in [0.29, 0.717) is 18.7 Å². The van der Waals surface area contributed by atoms with Crippen LogP contribution in [0.4, 0.5) is 5.69 Å². The van der Waals surface area contributed by atoms with Gasteiger partial charge >= 0.3 is 0 Å². The maximum Gasteiger partial charge on any atom is 0.244 e. The molecule has 0 spiro atoms. The topological polar surface area (TPSA) is 86.8 Å². The summed E-state index contributed by atoms with van der Waals surface area (Å²) in [5, 5.41) is 3.04. The van der Waals surface area contributed by atoms with Crippen LogP contribution in [0.15, 0.2) is 83.3 Å². The Balaban J connectivity index is 1.30. The van der Waals surface area contributed by atoms with Gasteiger partial charge in [-0.25, -0.2) is 8.42 Å². The fraction of sp³-hybridized carbons (Fsp3) is 0.487. The summed E-state index contributed by atoms with van der Waals surface area (Å²) in [6.45, 7) is 2.31. The number of anilines is 1. The highest BCUT2D eigenvalue weighted by molar-refractivity contribution is 9.10. The minimum Gasteiger partial charge on any atom is -0.354 e. The van der Waals surface area contributed by atoms with Gasteiger partial charge in [0, 0.05) is 24.0 Å². The summed E-state index contributed by atoms with van der Waals surface area (Å²) in [6, 6.07) is 24.4. The van der Waals surface area contributed by atoms with Crippen molar-refractivity contribution in [3.8, 4) is 0 Å². The Morgan fingerprint density at radius 3 is 2.10 bits per heavy atom. The molecule has 0 radical (unpaired) electrons. The number of carbonyl (C=O) groups excluding carboxylic acids is 2. The summed E-state index contributed by atoms with van der Waals surface area (Å²) in [4.78, 5) is 29.8.